The van der Waals surface area contributed by atoms with Gasteiger partial charge in [0.25, 0.3) is 0 Å². The summed E-state index contributed by atoms with van der Waals surface area (Å²) < 4.78 is 6.10. The Morgan fingerprint density at radius 3 is 2.53 bits per heavy atom. The number of aryl methyl sites for hydroxylation is 1. The van der Waals surface area contributed by atoms with Crippen LogP contribution in [-0.4, -0.2) is 16.2 Å². The second-order valence-corrected chi connectivity index (χ2v) is 7.35. The van der Waals surface area contributed by atoms with E-state index < -0.39 is 0 Å². The molecule has 2 rings (SSSR count). The number of ether oxygens (including phenoxy) is 1. The van der Waals surface area contributed by atoms with E-state index in [-0.39, 0.29) is 17.2 Å². The molecule has 0 amide bonds. The monoisotopic (exact) mass is 254 g/mol. The van der Waals surface area contributed by atoms with Crippen molar-refractivity contribution in [3.8, 4) is 0 Å². The Kier molecular flexibility index (Phi) is 3.09. The molecule has 1 aliphatic rings. The lowest BCUT2D eigenvalue weighted by molar-refractivity contribution is -0.0766. The van der Waals surface area contributed by atoms with Crippen LogP contribution < -0.4 is 5.73 Å². The number of nitrogens with two attached hydrogens (primary N) is 1. The van der Waals surface area contributed by atoms with Gasteiger partial charge in [0, 0.05) is 23.0 Å². The van der Waals surface area contributed by atoms with Crippen LogP contribution >= 0.6 is 11.3 Å². The molecule has 3 nitrogen and oxygen atoms in total. The van der Waals surface area contributed by atoms with E-state index >= 15 is 0 Å². The Morgan fingerprint density at radius 2 is 2.12 bits per heavy atom. The fourth-order valence-electron chi connectivity index (χ4n) is 2.89. The Balaban J connectivity index is 2.23. The van der Waals surface area contributed by atoms with Gasteiger partial charge < -0.3 is 10.5 Å². The zero-order valence-corrected chi connectivity index (χ0v) is 12.1. The highest BCUT2D eigenvalue weighted by molar-refractivity contribution is 7.11. The molecule has 4 heteroatoms. The van der Waals surface area contributed by atoms with Crippen molar-refractivity contribution in [1.29, 1.82) is 0 Å². The quantitative estimate of drug-likeness (QED) is 0.882. The van der Waals surface area contributed by atoms with Crippen LogP contribution in [0, 0.1) is 12.8 Å². The first kappa shape index (κ1) is 13.0. The molecule has 1 aromatic heterocycles. The fraction of sp³-hybridized carbons (Fsp3) is 0.769. The highest BCUT2D eigenvalue weighted by Crippen LogP contribution is 2.47. The molecule has 2 unspecified atom stereocenters. The summed E-state index contributed by atoms with van der Waals surface area (Å²) >= 11 is 1.69. The Bertz CT molecular complexity index is 411. The predicted octanol–water partition coefficient (Wildman–Crippen LogP) is 3.05. The summed E-state index contributed by atoms with van der Waals surface area (Å²) in [6.07, 6.45) is 2.91. The fourth-order valence-corrected chi connectivity index (χ4v) is 3.75. The van der Waals surface area contributed by atoms with Crippen molar-refractivity contribution in [3.63, 3.8) is 0 Å². The standard InChI is InChI=1S/C13H22N2OS/c1-8-15-7-10(17-8)11(14)9-6-12(2,3)16-13(9,4)5/h7,9,11H,6,14H2,1-5H3. The van der Waals surface area contributed by atoms with Gasteiger partial charge in [-0.1, -0.05) is 0 Å². The van der Waals surface area contributed by atoms with Gasteiger partial charge in [0.05, 0.1) is 16.2 Å². The first-order chi connectivity index (χ1) is 7.71. The molecule has 2 heterocycles. The molecule has 96 valence electrons. The minimum Gasteiger partial charge on any atom is -0.369 e. The molecule has 1 fully saturated rings. The molecule has 0 aromatic carbocycles. The van der Waals surface area contributed by atoms with Gasteiger partial charge in [-0.15, -0.1) is 11.3 Å². The van der Waals surface area contributed by atoms with Crippen molar-refractivity contribution in [2.45, 2.75) is 58.3 Å². The lowest BCUT2D eigenvalue weighted by atomic mass is 9.81. The van der Waals surface area contributed by atoms with E-state index in [9.17, 15) is 0 Å². The van der Waals surface area contributed by atoms with E-state index in [1.165, 1.54) is 4.88 Å². The normalized spacial score (nSPS) is 28.2. The first-order valence-corrected chi connectivity index (χ1v) is 6.91. The van der Waals surface area contributed by atoms with Gasteiger partial charge in [0.1, 0.15) is 0 Å². The third-order valence-electron chi connectivity index (χ3n) is 3.54. The topological polar surface area (TPSA) is 48.1 Å². The maximum atomic E-state index is 6.40. The molecule has 1 aliphatic heterocycles. The second kappa shape index (κ2) is 4.04. The van der Waals surface area contributed by atoms with E-state index in [1.807, 2.05) is 13.1 Å². The number of rotatable bonds is 2. The maximum Gasteiger partial charge on any atom is 0.0897 e. The lowest BCUT2D eigenvalue weighted by Gasteiger charge is -2.30. The molecule has 1 aromatic rings. The molecule has 17 heavy (non-hydrogen) atoms. The van der Waals surface area contributed by atoms with Gasteiger partial charge in [-0.25, -0.2) is 4.98 Å². The van der Waals surface area contributed by atoms with Crippen LogP contribution in [0.5, 0.6) is 0 Å². The van der Waals surface area contributed by atoms with Crippen LogP contribution in [0.2, 0.25) is 0 Å². The molecule has 2 N–H and O–H groups in total. The van der Waals surface area contributed by atoms with Crippen molar-refractivity contribution >= 4 is 11.3 Å². The smallest absolute Gasteiger partial charge is 0.0897 e. The average molecular weight is 254 g/mol. The van der Waals surface area contributed by atoms with Gasteiger partial charge in [-0.05, 0) is 41.0 Å². The van der Waals surface area contributed by atoms with Gasteiger partial charge >= 0.3 is 0 Å². The summed E-state index contributed by atoms with van der Waals surface area (Å²) in [6.45, 7) is 10.6. The van der Waals surface area contributed by atoms with Crippen LogP contribution in [-0.2, 0) is 4.74 Å². The molecule has 0 radical (unpaired) electrons. The molecule has 2 atom stereocenters. The van der Waals surface area contributed by atoms with E-state index in [2.05, 4.69) is 32.7 Å². The highest BCUT2D eigenvalue weighted by atomic mass is 32.1. The summed E-state index contributed by atoms with van der Waals surface area (Å²) in [7, 11) is 0. The van der Waals surface area contributed by atoms with Gasteiger partial charge in [0.2, 0.25) is 0 Å². The SMILES string of the molecule is Cc1ncc(C(N)C2CC(C)(C)OC2(C)C)s1. The summed E-state index contributed by atoms with van der Waals surface area (Å²) in [5.74, 6) is 0.345. The number of hydrogen-bond donors (Lipinski definition) is 1. The Hall–Kier alpha value is -0.450. The molecule has 0 bridgehead atoms. The van der Waals surface area contributed by atoms with Gasteiger partial charge in [-0.2, -0.15) is 0 Å². The largest absolute Gasteiger partial charge is 0.369 e. The van der Waals surface area contributed by atoms with Crippen LogP contribution in [0.1, 0.15) is 50.0 Å². The number of hydrogen-bond acceptors (Lipinski definition) is 4. The van der Waals surface area contributed by atoms with E-state index in [4.69, 9.17) is 10.5 Å². The van der Waals surface area contributed by atoms with Crippen molar-refractivity contribution in [1.82, 2.24) is 4.98 Å². The summed E-state index contributed by atoms with van der Waals surface area (Å²) in [5.41, 5.74) is 6.16. The average Bonchev–Trinajstić information content (AvgIpc) is 2.66. The van der Waals surface area contributed by atoms with E-state index in [0.29, 0.717) is 5.92 Å². The summed E-state index contributed by atoms with van der Waals surface area (Å²) in [6, 6.07) is 0.0259. The Morgan fingerprint density at radius 1 is 1.47 bits per heavy atom. The van der Waals surface area contributed by atoms with Gasteiger partial charge in [0.15, 0.2) is 0 Å². The Labute approximate surface area is 107 Å². The molecular formula is C13H22N2OS. The third-order valence-corrected chi connectivity index (χ3v) is 4.56. The second-order valence-electron chi connectivity index (χ2n) is 6.08. The van der Waals surface area contributed by atoms with Crippen molar-refractivity contribution < 1.29 is 4.74 Å². The molecule has 0 aliphatic carbocycles. The molecule has 0 saturated carbocycles. The van der Waals surface area contributed by atoms with Crippen molar-refractivity contribution in [2.75, 3.05) is 0 Å². The van der Waals surface area contributed by atoms with Crippen LogP contribution in [0.3, 0.4) is 0 Å². The van der Waals surface area contributed by atoms with E-state index in [1.54, 1.807) is 11.3 Å². The number of thiazole rings is 1. The van der Waals surface area contributed by atoms with Crippen molar-refractivity contribution in [3.05, 3.63) is 16.1 Å². The predicted molar refractivity (Wildman–Crippen MR) is 71.1 cm³/mol. The van der Waals surface area contributed by atoms with Crippen LogP contribution in [0.4, 0.5) is 0 Å². The highest BCUT2D eigenvalue weighted by Gasteiger charge is 2.48. The van der Waals surface area contributed by atoms with Gasteiger partial charge in [-0.3, -0.25) is 0 Å². The summed E-state index contributed by atoms with van der Waals surface area (Å²) in [5, 5.41) is 1.08. The maximum absolute atomic E-state index is 6.40. The number of aromatic nitrogens is 1. The minimum absolute atomic E-state index is 0.0259. The molecular weight excluding hydrogens is 232 g/mol. The first-order valence-electron chi connectivity index (χ1n) is 6.09. The zero-order valence-electron chi connectivity index (χ0n) is 11.3. The van der Waals surface area contributed by atoms with E-state index in [0.717, 1.165) is 11.4 Å². The van der Waals surface area contributed by atoms with Crippen LogP contribution in [0.15, 0.2) is 6.20 Å². The minimum atomic E-state index is -0.166. The number of nitrogens with zero attached hydrogens (tertiary/aromatic N) is 1. The zero-order chi connectivity index (χ0) is 12.8. The summed E-state index contributed by atoms with van der Waals surface area (Å²) in [4.78, 5) is 5.46. The lowest BCUT2D eigenvalue weighted by Crippen LogP contribution is -2.35. The van der Waals surface area contributed by atoms with Crippen LogP contribution in [0.25, 0.3) is 0 Å². The molecule has 0 spiro atoms. The molecule has 1 saturated heterocycles. The van der Waals surface area contributed by atoms with Crippen molar-refractivity contribution in [2.24, 2.45) is 11.7 Å². The third kappa shape index (κ3) is 2.54.